The number of likely N-dealkylation sites (tertiary alicyclic amines) is 1. The van der Waals surface area contributed by atoms with Gasteiger partial charge in [-0.1, -0.05) is 23.2 Å². The third-order valence-electron chi connectivity index (χ3n) is 3.67. The fourth-order valence-electron chi connectivity index (χ4n) is 2.46. The van der Waals surface area contributed by atoms with Gasteiger partial charge in [-0.3, -0.25) is 9.69 Å². The highest BCUT2D eigenvalue weighted by Crippen LogP contribution is 2.22. The van der Waals surface area contributed by atoms with Crippen LogP contribution in [0.4, 0.5) is 5.82 Å². The molecule has 0 radical (unpaired) electrons. The van der Waals surface area contributed by atoms with E-state index in [1.54, 1.807) is 13.2 Å². The summed E-state index contributed by atoms with van der Waals surface area (Å²) in [4.78, 5) is 18.2. The Bertz CT molecular complexity index is 530. The maximum absolute atomic E-state index is 12.1. The van der Waals surface area contributed by atoms with Gasteiger partial charge in [0.25, 0.3) is 0 Å². The van der Waals surface area contributed by atoms with Gasteiger partial charge in [0.2, 0.25) is 5.91 Å². The van der Waals surface area contributed by atoms with Crippen molar-refractivity contribution in [3.8, 4) is 0 Å². The quantitative estimate of drug-likeness (QED) is 0.766. The summed E-state index contributed by atoms with van der Waals surface area (Å²) < 4.78 is 5.30. The van der Waals surface area contributed by atoms with Crippen molar-refractivity contribution in [2.24, 2.45) is 0 Å². The van der Waals surface area contributed by atoms with Crippen molar-refractivity contribution >= 4 is 34.9 Å². The number of hydrogen-bond donors (Lipinski definition) is 2. The average Bonchev–Trinajstić information content (AvgIpc) is 2.86. The van der Waals surface area contributed by atoms with Gasteiger partial charge in [0, 0.05) is 32.9 Å². The van der Waals surface area contributed by atoms with Crippen molar-refractivity contribution < 1.29 is 9.53 Å². The van der Waals surface area contributed by atoms with Crippen LogP contribution < -0.4 is 10.6 Å². The van der Waals surface area contributed by atoms with Gasteiger partial charge in [-0.15, -0.1) is 0 Å². The molecular formula is C14H20Cl2N4O2. The van der Waals surface area contributed by atoms with E-state index in [1.165, 1.54) is 6.20 Å². The minimum atomic E-state index is -0.137. The molecule has 0 aromatic carbocycles. The van der Waals surface area contributed by atoms with E-state index in [-0.39, 0.29) is 18.1 Å². The van der Waals surface area contributed by atoms with E-state index in [1.807, 2.05) is 11.9 Å². The molecule has 1 aliphatic heterocycles. The van der Waals surface area contributed by atoms with Crippen LogP contribution in [0.15, 0.2) is 12.3 Å². The van der Waals surface area contributed by atoms with Crippen LogP contribution >= 0.6 is 23.2 Å². The number of rotatable bonds is 6. The molecule has 1 aliphatic rings. The second kappa shape index (κ2) is 7.97. The predicted molar refractivity (Wildman–Crippen MR) is 87.6 cm³/mol. The molecule has 1 aromatic rings. The van der Waals surface area contributed by atoms with Crippen LogP contribution in [0, 0.1) is 0 Å². The number of methoxy groups -OCH3 is 1. The highest BCUT2D eigenvalue weighted by molar-refractivity contribution is 6.35. The number of nitrogens with zero attached hydrogens (tertiary/aromatic N) is 2. The average molecular weight is 347 g/mol. The van der Waals surface area contributed by atoms with Crippen LogP contribution in [0.3, 0.4) is 0 Å². The lowest BCUT2D eigenvalue weighted by molar-refractivity contribution is -0.125. The largest absolute Gasteiger partial charge is 0.380 e. The van der Waals surface area contributed by atoms with E-state index in [0.29, 0.717) is 29.0 Å². The lowest BCUT2D eigenvalue weighted by atomic mass is 10.2. The number of carbonyl (C=O) groups excluding carboxylic acids is 1. The van der Waals surface area contributed by atoms with E-state index in [4.69, 9.17) is 27.9 Å². The summed E-state index contributed by atoms with van der Waals surface area (Å²) in [6, 6.07) is 1.48. The van der Waals surface area contributed by atoms with Gasteiger partial charge < -0.3 is 15.4 Å². The summed E-state index contributed by atoms with van der Waals surface area (Å²) >= 11 is 11.8. The summed E-state index contributed by atoms with van der Waals surface area (Å²) in [6.07, 6.45) is 2.36. The zero-order valence-electron chi connectivity index (χ0n) is 12.6. The molecule has 0 aliphatic carbocycles. The number of likely N-dealkylation sites (N-methyl/N-ethyl adjacent to an activating group) is 1. The smallest absolute Gasteiger partial charge is 0.237 e. The molecule has 2 atom stereocenters. The van der Waals surface area contributed by atoms with E-state index >= 15 is 0 Å². The van der Waals surface area contributed by atoms with Gasteiger partial charge in [0.05, 0.1) is 22.2 Å². The zero-order chi connectivity index (χ0) is 16.1. The Hall–Kier alpha value is -1.08. The maximum Gasteiger partial charge on any atom is 0.237 e. The standard InChI is InChI=1S/C14H20Cl2N4O2/c1-20-8-10(22-2)6-12(20)14(21)18-4-3-17-13-11(16)5-9(15)7-19-13/h5,7,10,12H,3-4,6,8H2,1-2H3,(H,17,19)(H,18,21)/t10-,12-/m0/s1. The number of pyridine rings is 1. The highest BCUT2D eigenvalue weighted by atomic mass is 35.5. The van der Waals surface area contributed by atoms with Crippen LogP contribution in [0.2, 0.25) is 10.0 Å². The molecule has 0 saturated carbocycles. The maximum atomic E-state index is 12.1. The Morgan fingerprint density at radius 1 is 1.50 bits per heavy atom. The van der Waals surface area contributed by atoms with Crippen LogP contribution in [0.1, 0.15) is 6.42 Å². The van der Waals surface area contributed by atoms with Gasteiger partial charge in [-0.25, -0.2) is 4.98 Å². The minimum Gasteiger partial charge on any atom is -0.380 e. The Morgan fingerprint density at radius 3 is 2.91 bits per heavy atom. The molecule has 6 nitrogen and oxygen atoms in total. The first kappa shape index (κ1) is 17.3. The van der Waals surface area contributed by atoms with Gasteiger partial charge in [0.15, 0.2) is 0 Å². The number of anilines is 1. The fourth-order valence-corrected chi connectivity index (χ4v) is 2.91. The number of hydrogen-bond acceptors (Lipinski definition) is 5. The summed E-state index contributed by atoms with van der Waals surface area (Å²) in [6.45, 7) is 1.79. The van der Waals surface area contributed by atoms with Gasteiger partial charge >= 0.3 is 0 Å². The lowest BCUT2D eigenvalue weighted by Crippen LogP contribution is -2.42. The summed E-state index contributed by atoms with van der Waals surface area (Å²) in [5.74, 6) is 0.566. The molecule has 1 saturated heterocycles. The van der Waals surface area contributed by atoms with Crippen LogP contribution in [-0.2, 0) is 9.53 Å². The van der Waals surface area contributed by atoms with Crippen molar-refractivity contribution in [1.29, 1.82) is 0 Å². The summed E-state index contributed by atoms with van der Waals surface area (Å²) in [5, 5.41) is 6.91. The Balaban J connectivity index is 1.73. The second-order valence-electron chi connectivity index (χ2n) is 5.25. The third-order valence-corrected chi connectivity index (χ3v) is 4.17. The molecule has 0 bridgehead atoms. The van der Waals surface area contributed by atoms with Crippen LogP contribution in [0.25, 0.3) is 0 Å². The number of carbonyl (C=O) groups is 1. The molecule has 2 rings (SSSR count). The lowest BCUT2D eigenvalue weighted by Gasteiger charge is -2.18. The molecular weight excluding hydrogens is 327 g/mol. The molecule has 1 fully saturated rings. The van der Waals surface area contributed by atoms with Gasteiger partial charge in [-0.05, 0) is 19.5 Å². The number of halogens is 2. The first-order valence-electron chi connectivity index (χ1n) is 7.07. The molecule has 0 spiro atoms. The Morgan fingerprint density at radius 2 is 2.27 bits per heavy atom. The molecule has 0 unspecified atom stereocenters. The van der Waals surface area contributed by atoms with Gasteiger partial charge in [-0.2, -0.15) is 0 Å². The van der Waals surface area contributed by atoms with E-state index in [9.17, 15) is 4.79 Å². The SMILES string of the molecule is CO[C@H]1C[C@@H](C(=O)NCCNc2ncc(Cl)cc2Cl)N(C)C1. The van der Waals surface area contributed by atoms with E-state index in [2.05, 4.69) is 15.6 Å². The number of ether oxygens (including phenoxy) is 1. The molecule has 2 N–H and O–H groups in total. The Kier molecular flexibility index (Phi) is 6.26. The summed E-state index contributed by atoms with van der Waals surface area (Å²) in [7, 11) is 3.60. The normalized spacial score (nSPS) is 21.8. The molecule has 122 valence electrons. The molecule has 22 heavy (non-hydrogen) atoms. The number of aromatic nitrogens is 1. The van der Waals surface area contributed by atoms with E-state index < -0.39 is 0 Å². The Labute approximate surface area is 140 Å². The number of amides is 1. The van der Waals surface area contributed by atoms with Crippen molar-refractivity contribution in [2.45, 2.75) is 18.6 Å². The van der Waals surface area contributed by atoms with Gasteiger partial charge in [0.1, 0.15) is 5.82 Å². The first-order valence-corrected chi connectivity index (χ1v) is 7.82. The zero-order valence-corrected chi connectivity index (χ0v) is 14.1. The molecule has 1 amide bonds. The summed E-state index contributed by atoms with van der Waals surface area (Å²) in [5.41, 5.74) is 0. The minimum absolute atomic E-state index is 0.0130. The fraction of sp³-hybridized carbons (Fsp3) is 0.571. The van der Waals surface area contributed by atoms with Crippen molar-refractivity contribution in [1.82, 2.24) is 15.2 Å². The monoisotopic (exact) mass is 346 g/mol. The van der Waals surface area contributed by atoms with Crippen LogP contribution in [-0.4, -0.2) is 61.7 Å². The first-order chi connectivity index (χ1) is 10.5. The third kappa shape index (κ3) is 4.46. The van der Waals surface area contributed by atoms with Crippen molar-refractivity contribution in [2.75, 3.05) is 39.1 Å². The number of nitrogens with one attached hydrogen (secondary N) is 2. The van der Waals surface area contributed by atoms with Crippen molar-refractivity contribution in [3.63, 3.8) is 0 Å². The topological polar surface area (TPSA) is 66.5 Å². The van der Waals surface area contributed by atoms with Crippen LogP contribution in [0.5, 0.6) is 0 Å². The molecule has 8 heteroatoms. The second-order valence-corrected chi connectivity index (χ2v) is 6.09. The van der Waals surface area contributed by atoms with E-state index in [0.717, 1.165) is 13.0 Å². The molecule has 1 aromatic heterocycles. The molecule has 2 heterocycles. The predicted octanol–water partition coefficient (Wildman–Crippen LogP) is 1.64. The van der Waals surface area contributed by atoms with Crippen molar-refractivity contribution in [3.05, 3.63) is 22.3 Å². The highest BCUT2D eigenvalue weighted by Gasteiger charge is 2.34.